The molecule has 2 atom stereocenters. The SMILES string of the molecule is C=C(C[C@@H](C[C@H](NC(=O)OC(C)(C)C)C(=O)OC)C(=O)OC)C(=O)OC. The van der Waals surface area contributed by atoms with Crippen molar-refractivity contribution < 1.29 is 38.1 Å². The van der Waals surface area contributed by atoms with E-state index in [2.05, 4.69) is 21.4 Å². The van der Waals surface area contributed by atoms with Crippen LogP contribution < -0.4 is 5.32 Å². The van der Waals surface area contributed by atoms with E-state index < -0.39 is 41.6 Å². The van der Waals surface area contributed by atoms with Gasteiger partial charge in [0.2, 0.25) is 0 Å². The third-order valence-corrected chi connectivity index (χ3v) is 3.20. The smallest absolute Gasteiger partial charge is 0.408 e. The fourth-order valence-electron chi connectivity index (χ4n) is 2.05. The number of hydrogen-bond acceptors (Lipinski definition) is 8. The van der Waals surface area contributed by atoms with Crippen LogP contribution >= 0.6 is 0 Å². The molecule has 0 spiro atoms. The standard InChI is InChI=1S/C17H27NO8/c1-10(13(19)23-5)8-11(14(20)24-6)9-12(15(21)25-7)18-16(22)26-17(2,3)4/h11-12H,1,8-9H2,2-7H3,(H,18,22)/t11-,12-/m0/s1. The third kappa shape index (κ3) is 8.50. The van der Waals surface area contributed by atoms with Gasteiger partial charge in [-0.15, -0.1) is 0 Å². The van der Waals surface area contributed by atoms with Gasteiger partial charge < -0.3 is 24.3 Å². The molecule has 0 aliphatic heterocycles. The maximum absolute atomic E-state index is 12.0. The van der Waals surface area contributed by atoms with Gasteiger partial charge >= 0.3 is 24.0 Å². The van der Waals surface area contributed by atoms with Gasteiger partial charge in [-0.2, -0.15) is 0 Å². The first-order chi connectivity index (χ1) is 11.9. The molecule has 1 amide bonds. The fraction of sp³-hybridized carbons (Fsp3) is 0.647. The number of esters is 3. The molecule has 0 aliphatic rings. The van der Waals surface area contributed by atoms with Crippen LogP contribution in [0.4, 0.5) is 4.79 Å². The number of methoxy groups -OCH3 is 3. The molecule has 0 aromatic rings. The number of rotatable bonds is 8. The highest BCUT2D eigenvalue weighted by molar-refractivity contribution is 5.89. The highest BCUT2D eigenvalue weighted by Crippen LogP contribution is 2.20. The fourth-order valence-corrected chi connectivity index (χ4v) is 2.05. The lowest BCUT2D eigenvalue weighted by Gasteiger charge is -2.24. The van der Waals surface area contributed by atoms with E-state index in [1.807, 2.05) is 0 Å². The molecule has 9 heteroatoms. The number of ether oxygens (including phenoxy) is 4. The van der Waals surface area contributed by atoms with Gasteiger partial charge in [0, 0.05) is 5.57 Å². The van der Waals surface area contributed by atoms with Gasteiger partial charge in [-0.25, -0.2) is 14.4 Å². The predicted molar refractivity (Wildman–Crippen MR) is 91.1 cm³/mol. The Morgan fingerprint density at radius 2 is 1.50 bits per heavy atom. The van der Waals surface area contributed by atoms with Gasteiger partial charge in [0.05, 0.1) is 27.2 Å². The molecule has 9 nitrogen and oxygen atoms in total. The average molecular weight is 373 g/mol. The minimum absolute atomic E-state index is 0.0313. The van der Waals surface area contributed by atoms with Crippen LogP contribution in [0.3, 0.4) is 0 Å². The molecule has 0 aromatic carbocycles. The molecule has 148 valence electrons. The van der Waals surface area contributed by atoms with Crippen LogP contribution in [0, 0.1) is 5.92 Å². The third-order valence-electron chi connectivity index (χ3n) is 3.20. The lowest BCUT2D eigenvalue weighted by Crippen LogP contribution is -2.45. The van der Waals surface area contributed by atoms with Crippen LogP contribution in [0.1, 0.15) is 33.6 Å². The van der Waals surface area contributed by atoms with Gasteiger partial charge in [-0.05, 0) is 33.6 Å². The van der Waals surface area contributed by atoms with E-state index in [4.69, 9.17) is 9.47 Å². The number of carbonyl (C=O) groups is 4. The molecular weight excluding hydrogens is 346 g/mol. The predicted octanol–water partition coefficient (Wildman–Crippen LogP) is 1.35. The largest absolute Gasteiger partial charge is 0.469 e. The Morgan fingerprint density at radius 3 is 1.92 bits per heavy atom. The Hall–Kier alpha value is -2.58. The Kier molecular flexibility index (Phi) is 9.39. The minimum Gasteiger partial charge on any atom is -0.469 e. The summed E-state index contributed by atoms with van der Waals surface area (Å²) >= 11 is 0. The van der Waals surface area contributed by atoms with Gasteiger partial charge in [-0.1, -0.05) is 6.58 Å². The maximum atomic E-state index is 12.0. The van der Waals surface area contributed by atoms with Gasteiger partial charge in [0.15, 0.2) is 0 Å². The van der Waals surface area contributed by atoms with Crippen molar-refractivity contribution in [1.29, 1.82) is 0 Å². The van der Waals surface area contributed by atoms with Crippen LogP contribution in [-0.4, -0.2) is 57.0 Å². The maximum Gasteiger partial charge on any atom is 0.408 e. The number of alkyl carbamates (subject to hydrolysis) is 1. The Balaban J connectivity index is 5.28. The van der Waals surface area contributed by atoms with E-state index in [1.165, 1.54) is 14.2 Å². The van der Waals surface area contributed by atoms with E-state index in [0.717, 1.165) is 7.11 Å². The molecule has 0 radical (unpaired) electrons. The second-order valence-corrected chi connectivity index (χ2v) is 6.48. The van der Waals surface area contributed by atoms with Crippen molar-refractivity contribution in [1.82, 2.24) is 5.32 Å². The summed E-state index contributed by atoms with van der Waals surface area (Å²) in [5, 5.41) is 2.36. The van der Waals surface area contributed by atoms with E-state index in [9.17, 15) is 19.2 Å². The highest BCUT2D eigenvalue weighted by atomic mass is 16.6. The molecule has 0 heterocycles. The van der Waals surface area contributed by atoms with E-state index >= 15 is 0 Å². The van der Waals surface area contributed by atoms with Crippen molar-refractivity contribution in [3.63, 3.8) is 0 Å². The summed E-state index contributed by atoms with van der Waals surface area (Å²) in [4.78, 5) is 47.4. The number of amides is 1. The number of hydrogen-bond donors (Lipinski definition) is 1. The second-order valence-electron chi connectivity index (χ2n) is 6.48. The van der Waals surface area contributed by atoms with Crippen molar-refractivity contribution in [3.8, 4) is 0 Å². The quantitative estimate of drug-likeness (QED) is 0.385. The monoisotopic (exact) mass is 373 g/mol. The molecule has 0 bridgehead atoms. The first-order valence-corrected chi connectivity index (χ1v) is 7.86. The molecule has 0 fully saturated rings. The Morgan fingerprint density at radius 1 is 0.962 bits per heavy atom. The zero-order valence-electron chi connectivity index (χ0n) is 16.0. The molecule has 0 saturated carbocycles. The van der Waals surface area contributed by atoms with Crippen LogP contribution in [0.25, 0.3) is 0 Å². The van der Waals surface area contributed by atoms with Crippen molar-refractivity contribution in [3.05, 3.63) is 12.2 Å². The zero-order chi connectivity index (χ0) is 20.5. The normalized spacial score (nSPS) is 13.0. The van der Waals surface area contributed by atoms with E-state index in [-0.39, 0.29) is 18.4 Å². The molecule has 26 heavy (non-hydrogen) atoms. The first-order valence-electron chi connectivity index (χ1n) is 7.86. The van der Waals surface area contributed by atoms with Crippen molar-refractivity contribution in [2.75, 3.05) is 21.3 Å². The van der Waals surface area contributed by atoms with Gasteiger partial charge in [-0.3, -0.25) is 4.79 Å². The molecule has 0 saturated heterocycles. The Labute approximate surface area is 153 Å². The summed E-state index contributed by atoms with van der Waals surface area (Å²) in [6.07, 6.45) is -1.12. The van der Waals surface area contributed by atoms with E-state index in [0.29, 0.717) is 0 Å². The molecule has 0 unspecified atom stereocenters. The van der Waals surface area contributed by atoms with Crippen LogP contribution in [0.15, 0.2) is 12.2 Å². The summed E-state index contributed by atoms with van der Waals surface area (Å²) in [7, 11) is 3.50. The molecule has 0 aliphatic carbocycles. The summed E-state index contributed by atoms with van der Waals surface area (Å²) in [5.74, 6) is -3.05. The summed E-state index contributed by atoms with van der Waals surface area (Å²) in [6, 6.07) is -1.18. The zero-order valence-corrected chi connectivity index (χ0v) is 16.0. The average Bonchev–Trinajstić information content (AvgIpc) is 2.56. The van der Waals surface area contributed by atoms with E-state index in [1.54, 1.807) is 20.8 Å². The molecule has 0 aromatic heterocycles. The summed E-state index contributed by atoms with van der Waals surface area (Å²) in [5.41, 5.74) is -0.741. The summed E-state index contributed by atoms with van der Waals surface area (Å²) < 4.78 is 19.0. The van der Waals surface area contributed by atoms with Crippen LogP contribution in [0.2, 0.25) is 0 Å². The molecular formula is C17H27NO8. The van der Waals surface area contributed by atoms with Crippen molar-refractivity contribution >= 4 is 24.0 Å². The lowest BCUT2D eigenvalue weighted by molar-refractivity contribution is -0.148. The second kappa shape index (κ2) is 10.4. The van der Waals surface area contributed by atoms with Crippen LogP contribution in [0.5, 0.6) is 0 Å². The van der Waals surface area contributed by atoms with Crippen molar-refractivity contribution in [2.24, 2.45) is 5.92 Å². The lowest BCUT2D eigenvalue weighted by atomic mass is 9.93. The minimum atomic E-state index is -1.18. The summed E-state index contributed by atoms with van der Waals surface area (Å²) in [6.45, 7) is 8.55. The molecule has 0 rings (SSSR count). The number of carbonyl (C=O) groups excluding carboxylic acids is 4. The van der Waals surface area contributed by atoms with Crippen LogP contribution in [-0.2, 0) is 33.3 Å². The van der Waals surface area contributed by atoms with Crippen molar-refractivity contribution in [2.45, 2.75) is 45.3 Å². The van der Waals surface area contributed by atoms with Gasteiger partial charge in [0.25, 0.3) is 0 Å². The highest BCUT2D eigenvalue weighted by Gasteiger charge is 2.32. The Bertz CT molecular complexity index is 549. The number of nitrogens with one attached hydrogen (secondary N) is 1. The topological polar surface area (TPSA) is 117 Å². The molecule has 1 N–H and O–H groups in total. The first kappa shape index (κ1) is 23.4. The van der Waals surface area contributed by atoms with Gasteiger partial charge in [0.1, 0.15) is 11.6 Å².